The van der Waals surface area contributed by atoms with E-state index in [2.05, 4.69) is 5.32 Å². The molecule has 2 rings (SSSR count). The minimum atomic E-state index is -0.446. The second-order valence-electron chi connectivity index (χ2n) is 3.75. The van der Waals surface area contributed by atoms with Gasteiger partial charge < -0.3 is 10.1 Å². The number of nitrogens with zero attached hydrogens (tertiary/aromatic N) is 1. The Hall–Kier alpha value is -2.11. The van der Waals surface area contributed by atoms with Gasteiger partial charge in [-0.05, 0) is 18.6 Å². The Morgan fingerprint density at radius 3 is 3.06 bits per heavy atom. The summed E-state index contributed by atoms with van der Waals surface area (Å²) in [6, 6.07) is 4.08. The number of hydrogen-bond acceptors (Lipinski definition) is 5. The molecule has 90 valence electrons. The number of benzene rings is 1. The molecule has 0 fully saturated rings. The number of carbonyl (C=O) groups excluding carboxylic acids is 1. The first-order valence-electron chi connectivity index (χ1n) is 5.32. The summed E-state index contributed by atoms with van der Waals surface area (Å²) in [5.41, 5.74) is 1.57. The van der Waals surface area contributed by atoms with Crippen LogP contribution in [0.15, 0.2) is 18.2 Å². The summed E-state index contributed by atoms with van der Waals surface area (Å²) in [5.74, 6) is -0.327. The summed E-state index contributed by atoms with van der Waals surface area (Å²) in [4.78, 5) is 21.7. The van der Waals surface area contributed by atoms with Gasteiger partial charge in [-0.25, -0.2) is 4.79 Å². The zero-order valence-corrected chi connectivity index (χ0v) is 9.30. The first kappa shape index (κ1) is 11.4. The SMILES string of the molecule is CCOC(=O)[C@@H]1Cc2cc([N+](=O)[O-])ccc2N1. The molecular formula is C11H12N2O4. The average molecular weight is 236 g/mol. The second kappa shape index (κ2) is 4.40. The van der Waals surface area contributed by atoms with Gasteiger partial charge in [0.15, 0.2) is 0 Å². The molecular weight excluding hydrogens is 224 g/mol. The average Bonchev–Trinajstić information content (AvgIpc) is 2.71. The molecule has 0 saturated heterocycles. The lowest BCUT2D eigenvalue weighted by atomic mass is 10.1. The molecule has 0 spiro atoms. The smallest absolute Gasteiger partial charge is 0.328 e. The van der Waals surface area contributed by atoms with Crippen molar-refractivity contribution in [2.45, 2.75) is 19.4 Å². The van der Waals surface area contributed by atoms with E-state index >= 15 is 0 Å². The van der Waals surface area contributed by atoms with Crippen LogP contribution in [0.4, 0.5) is 11.4 Å². The van der Waals surface area contributed by atoms with Crippen LogP contribution >= 0.6 is 0 Å². The van der Waals surface area contributed by atoms with Gasteiger partial charge >= 0.3 is 5.97 Å². The van der Waals surface area contributed by atoms with Gasteiger partial charge in [-0.15, -0.1) is 0 Å². The molecule has 17 heavy (non-hydrogen) atoms. The van der Waals surface area contributed by atoms with E-state index < -0.39 is 11.0 Å². The summed E-state index contributed by atoms with van der Waals surface area (Å²) in [6.07, 6.45) is 0.426. The highest BCUT2D eigenvalue weighted by Crippen LogP contribution is 2.29. The Labute approximate surface area is 97.7 Å². The fourth-order valence-corrected chi connectivity index (χ4v) is 1.85. The molecule has 0 aromatic heterocycles. The molecule has 6 heteroatoms. The number of carbonyl (C=O) groups is 1. The van der Waals surface area contributed by atoms with Crippen LogP contribution in [0.1, 0.15) is 12.5 Å². The Balaban J connectivity index is 2.16. The summed E-state index contributed by atoms with van der Waals surface area (Å²) < 4.78 is 4.90. The maximum Gasteiger partial charge on any atom is 0.328 e. The van der Waals surface area contributed by atoms with Crippen molar-refractivity contribution >= 4 is 17.3 Å². The van der Waals surface area contributed by atoms with Gasteiger partial charge in [-0.1, -0.05) is 0 Å². The maximum atomic E-state index is 11.5. The Morgan fingerprint density at radius 2 is 2.41 bits per heavy atom. The summed E-state index contributed by atoms with van der Waals surface area (Å²) in [5, 5.41) is 13.6. The molecule has 0 saturated carbocycles. The van der Waals surface area contributed by atoms with E-state index in [0.717, 1.165) is 11.3 Å². The van der Waals surface area contributed by atoms with E-state index in [1.807, 2.05) is 0 Å². The zero-order valence-electron chi connectivity index (χ0n) is 9.30. The van der Waals surface area contributed by atoms with Crippen LogP contribution in [0.5, 0.6) is 0 Å². The lowest BCUT2D eigenvalue weighted by Gasteiger charge is -2.09. The van der Waals surface area contributed by atoms with E-state index in [9.17, 15) is 14.9 Å². The number of fused-ring (bicyclic) bond motifs is 1. The van der Waals surface area contributed by atoms with E-state index in [1.165, 1.54) is 12.1 Å². The van der Waals surface area contributed by atoms with Crippen molar-refractivity contribution in [3.05, 3.63) is 33.9 Å². The fraction of sp³-hybridized carbons (Fsp3) is 0.364. The fourth-order valence-electron chi connectivity index (χ4n) is 1.85. The van der Waals surface area contributed by atoms with Gasteiger partial charge in [0.2, 0.25) is 0 Å². The molecule has 0 bridgehead atoms. The zero-order chi connectivity index (χ0) is 12.4. The summed E-state index contributed by atoms with van der Waals surface area (Å²) >= 11 is 0. The number of nitro benzene ring substituents is 1. The highest BCUT2D eigenvalue weighted by Gasteiger charge is 2.28. The van der Waals surface area contributed by atoms with Gasteiger partial charge in [0.25, 0.3) is 5.69 Å². The van der Waals surface area contributed by atoms with Crippen LogP contribution in [0, 0.1) is 10.1 Å². The molecule has 6 nitrogen and oxygen atoms in total. The standard InChI is InChI=1S/C11H12N2O4/c1-2-17-11(14)10-6-7-5-8(13(15)16)3-4-9(7)12-10/h3-5,10,12H,2,6H2,1H3/t10-/m0/s1. The van der Waals surface area contributed by atoms with E-state index in [-0.39, 0.29) is 11.7 Å². The van der Waals surface area contributed by atoms with Crippen molar-refractivity contribution in [1.82, 2.24) is 0 Å². The quantitative estimate of drug-likeness (QED) is 0.488. The first-order valence-corrected chi connectivity index (χ1v) is 5.32. The third-order valence-corrected chi connectivity index (χ3v) is 2.62. The topological polar surface area (TPSA) is 81.5 Å². The number of anilines is 1. The normalized spacial score (nSPS) is 17.1. The Bertz CT molecular complexity index is 473. The number of nitro groups is 1. The molecule has 1 aromatic carbocycles. The van der Waals surface area contributed by atoms with Crippen LogP contribution in [-0.2, 0) is 16.0 Å². The largest absolute Gasteiger partial charge is 0.464 e. The number of non-ortho nitro benzene ring substituents is 1. The van der Waals surface area contributed by atoms with Crippen molar-refractivity contribution in [3.8, 4) is 0 Å². The number of nitrogens with one attached hydrogen (secondary N) is 1. The molecule has 0 amide bonds. The molecule has 1 heterocycles. The number of rotatable bonds is 3. The molecule has 1 aromatic rings. The van der Waals surface area contributed by atoms with Gasteiger partial charge in [-0.2, -0.15) is 0 Å². The van der Waals surface area contributed by atoms with Crippen molar-refractivity contribution in [2.75, 3.05) is 11.9 Å². The monoisotopic (exact) mass is 236 g/mol. The van der Waals surface area contributed by atoms with Crippen LogP contribution < -0.4 is 5.32 Å². The van der Waals surface area contributed by atoms with Gasteiger partial charge in [0.1, 0.15) is 6.04 Å². The minimum Gasteiger partial charge on any atom is -0.464 e. The lowest BCUT2D eigenvalue weighted by Crippen LogP contribution is -2.28. The third-order valence-electron chi connectivity index (χ3n) is 2.62. The first-order chi connectivity index (χ1) is 8.11. The molecule has 1 aliphatic rings. The van der Waals surface area contributed by atoms with Crippen LogP contribution in [0.2, 0.25) is 0 Å². The van der Waals surface area contributed by atoms with Crippen LogP contribution in [0.25, 0.3) is 0 Å². The van der Waals surface area contributed by atoms with E-state index in [0.29, 0.717) is 13.0 Å². The van der Waals surface area contributed by atoms with Crippen molar-refractivity contribution in [2.24, 2.45) is 0 Å². The number of esters is 1. The Morgan fingerprint density at radius 1 is 1.65 bits per heavy atom. The van der Waals surface area contributed by atoms with Gasteiger partial charge in [-0.3, -0.25) is 10.1 Å². The molecule has 1 N–H and O–H groups in total. The molecule has 0 radical (unpaired) electrons. The highest BCUT2D eigenvalue weighted by atomic mass is 16.6. The molecule has 1 aliphatic heterocycles. The molecule has 0 unspecified atom stereocenters. The van der Waals surface area contributed by atoms with E-state index in [1.54, 1.807) is 13.0 Å². The summed E-state index contributed by atoms with van der Waals surface area (Å²) in [6.45, 7) is 2.07. The highest BCUT2D eigenvalue weighted by molar-refractivity contribution is 5.83. The minimum absolute atomic E-state index is 0.0371. The molecule has 1 atom stereocenters. The van der Waals surface area contributed by atoms with E-state index in [4.69, 9.17) is 4.74 Å². The van der Waals surface area contributed by atoms with Crippen molar-refractivity contribution < 1.29 is 14.5 Å². The number of ether oxygens (including phenoxy) is 1. The lowest BCUT2D eigenvalue weighted by molar-refractivity contribution is -0.384. The van der Waals surface area contributed by atoms with Gasteiger partial charge in [0.05, 0.1) is 11.5 Å². The second-order valence-corrected chi connectivity index (χ2v) is 3.75. The van der Waals surface area contributed by atoms with Crippen molar-refractivity contribution in [1.29, 1.82) is 0 Å². The van der Waals surface area contributed by atoms with Crippen LogP contribution in [0.3, 0.4) is 0 Å². The predicted molar refractivity (Wildman–Crippen MR) is 60.8 cm³/mol. The molecule has 0 aliphatic carbocycles. The third kappa shape index (κ3) is 2.20. The predicted octanol–water partition coefficient (Wildman–Crippen LogP) is 1.49. The number of hydrogen-bond donors (Lipinski definition) is 1. The summed E-state index contributed by atoms with van der Waals surface area (Å²) in [7, 11) is 0. The van der Waals surface area contributed by atoms with Gasteiger partial charge in [0, 0.05) is 24.2 Å². The maximum absolute atomic E-state index is 11.5. The van der Waals surface area contributed by atoms with Crippen LogP contribution in [-0.4, -0.2) is 23.5 Å². The van der Waals surface area contributed by atoms with Crippen molar-refractivity contribution in [3.63, 3.8) is 0 Å². The Kier molecular flexibility index (Phi) is 2.95.